The van der Waals surface area contributed by atoms with Gasteiger partial charge in [0.2, 0.25) is 10.0 Å². The van der Waals surface area contributed by atoms with Crippen molar-refractivity contribution in [1.29, 1.82) is 0 Å². The summed E-state index contributed by atoms with van der Waals surface area (Å²) in [4.78, 5) is 0.327. The maximum absolute atomic E-state index is 13.5. The number of aliphatic hydroxyl groups is 1. The minimum absolute atomic E-state index is 0.0788. The van der Waals surface area contributed by atoms with Gasteiger partial charge in [-0.1, -0.05) is 24.3 Å². The zero-order valence-electron chi connectivity index (χ0n) is 15.4. The molecule has 142 valence electrons. The summed E-state index contributed by atoms with van der Waals surface area (Å²) in [5.74, 6) is 0.700. The van der Waals surface area contributed by atoms with Crippen molar-refractivity contribution in [3.63, 3.8) is 0 Å². The molecule has 1 atom stereocenters. The van der Waals surface area contributed by atoms with E-state index in [1.807, 2.05) is 38.1 Å². The highest BCUT2D eigenvalue weighted by Crippen LogP contribution is 2.40. The topological polar surface area (TPSA) is 66.8 Å². The van der Waals surface area contributed by atoms with Crippen LogP contribution in [0, 0.1) is 0 Å². The lowest BCUT2D eigenvalue weighted by Crippen LogP contribution is -2.45. The van der Waals surface area contributed by atoms with Gasteiger partial charge in [-0.05, 0) is 51.7 Å². The molecule has 5 nitrogen and oxygen atoms in total. The lowest BCUT2D eigenvalue weighted by Gasteiger charge is -2.34. The molecule has 3 rings (SSSR count). The average molecular weight is 378 g/mol. The van der Waals surface area contributed by atoms with Crippen molar-refractivity contribution in [2.24, 2.45) is 0 Å². The lowest BCUT2D eigenvalue weighted by molar-refractivity contribution is 0.209. The Bertz CT molecular complexity index is 881. The second-order valence-corrected chi connectivity index (χ2v) is 8.88. The van der Waals surface area contributed by atoms with Crippen LogP contribution in [0.5, 0.6) is 5.75 Å². The van der Waals surface area contributed by atoms with Crippen molar-refractivity contribution >= 4 is 20.8 Å². The van der Waals surface area contributed by atoms with Crippen LogP contribution in [0.15, 0.2) is 41.3 Å². The minimum Gasteiger partial charge on any atom is -0.493 e. The Morgan fingerprint density at radius 2 is 1.92 bits per heavy atom. The Labute approximate surface area is 155 Å². The van der Waals surface area contributed by atoms with Crippen molar-refractivity contribution < 1.29 is 18.3 Å². The highest BCUT2D eigenvalue weighted by atomic mass is 32.2. The molecule has 1 unspecified atom stereocenters. The third-order valence-corrected chi connectivity index (χ3v) is 7.38. The molecule has 0 aromatic heterocycles. The van der Waals surface area contributed by atoms with Gasteiger partial charge >= 0.3 is 0 Å². The van der Waals surface area contributed by atoms with Gasteiger partial charge in [-0.25, -0.2) is 8.42 Å². The van der Waals surface area contributed by atoms with Crippen LogP contribution in [0.4, 0.5) is 0 Å². The number of hydrogen-bond donors (Lipinski definition) is 1. The fourth-order valence-electron chi connectivity index (χ4n) is 3.99. The first kappa shape index (κ1) is 19.1. The van der Waals surface area contributed by atoms with E-state index < -0.39 is 15.6 Å². The fourth-order valence-corrected chi connectivity index (χ4v) is 6.05. The molecule has 1 fully saturated rings. The molecule has 2 aromatic rings. The molecule has 26 heavy (non-hydrogen) atoms. The number of hydrogen-bond acceptors (Lipinski definition) is 4. The van der Waals surface area contributed by atoms with E-state index in [-0.39, 0.29) is 6.61 Å². The third kappa shape index (κ3) is 3.33. The zero-order valence-corrected chi connectivity index (χ0v) is 16.3. The summed E-state index contributed by atoms with van der Waals surface area (Å²) < 4.78 is 34.3. The number of benzene rings is 2. The average Bonchev–Trinajstić information content (AvgIpc) is 3.03. The van der Waals surface area contributed by atoms with E-state index in [0.717, 1.165) is 18.2 Å². The van der Waals surface area contributed by atoms with Crippen LogP contribution in [0.3, 0.4) is 0 Å². The van der Waals surface area contributed by atoms with Crippen LogP contribution in [-0.2, 0) is 10.0 Å². The van der Waals surface area contributed by atoms with E-state index in [4.69, 9.17) is 4.74 Å². The molecule has 0 saturated carbocycles. The first-order valence-electron chi connectivity index (χ1n) is 9.22. The zero-order chi connectivity index (χ0) is 18.8. The van der Waals surface area contributed by atoms with E-state index in [1.54, 1.807) is 16.4 Å². The number of sulfonamides is 1. The number of fused-ring (bicyclic) bond motifs is 1. The third-order valence-electron chi connectivity index (χ3n) is 5.26. The Morgan fingerprint density at radius 3 is 2.62 bits per heavy atom. The van der Waals surface area contributed by atoms with Crippen LogP contribution in [0.1, 0.15) is 39.5 Å². The van der Waals surface area contributed by atoms with Gasteiger partial charge in [-0.2, -0.15) is 4.31 Å². The predicted octanol–water partition coefficient (Wildman–Crippen LogP) is 3.55. The van der Waals surface area contributed by atoms with Gasteiger partial charge in [-0.3, -0.25) is 0 Å². The first-order valence-corrected chi connectivity index (χ1v) is 10.7. The standard InChI is InChI=1S/C20H27NO4S/c1-3-25-18-10-11-19(17-9-5-4-8-16(17)18)26(23,24)21-14-6-12-20(21,2)13-7-15-22/h4-5,8-11,22H,3,6-7,12-15H2,1-2H3. The quantitative estimate of drug-likeness (QED) is 0.801. The summed E-state index contributed by atoms with van der Waals surface area (Å²) in [7, 11) is -3.64. The Hall–Kier alpha value is -1.63. The Balaban J connectivity index is 2.09. The van der Waals surface area contributed by atoms with Gasteiger partial charge in [0.15, 0.2) is 0 Å². The molecule has 0 amide bonds. The highest BCUT2D eigenvalue weighted by molar-refractivity contribution is 7.89. The molecule has 0 radical (unpaired) electrons. The van der Waals surface area contributed by atoms with Crippen LogP contribution >= 0.6 is 0 Å². The van der Waals surface area contributed by atoms with Crippen LogP contribution in [0.2, 0.25) is 0 Å². The van der Waals surface area contributed by atoms with Crippen molar-refractivity contribution in [1.82, 2.24) is 4.31 Å². The van der Waals surface area contributed by atoms with Gasteiger partial charge in [0, 0.05) is 29.5 Å². The van der Waals surface area contributed by atoms with Crippen LogP contribution < -0.4 is 4.74 Å². The summed E-state index contributed by atoms with van der Waals surface area (Å²) >= 11 is 0. The molecular weight excluding hydrogens is 350 g/mol. The minimum atomic E-state index is -3.64. The SMILES string of the molecule is CCOc1ccc(S(=O)(=O)N2CCCC2(C)CCCO)c2ccccc12. The number of rotatable bonds is 7. The smallest absolute Gasteiger partial charge is 0.244 e. The summed E-state index contributed by atoms with van der Waals surface area (Å²) in [6.45, 7) is 5.03. The molecule has 6 heteroatoms. The summed E-state index contributed by atoms with van der Waals surface area (Å²) in [6, 6.07) is 10.9. The molecule has 2 aromatic carbocycles. The van der Waals surface area contributed by atoms with Crippen LogP contribution in [-0.4, -0.2) is 43.1 Å². The molecule has 1 saturated heterocycles. The van der Waals surface area contributed by atoms with Gasteiger partial charge < -0.3 is 9.84 Å². The number of aliphatic hydroxyl groups excluding tert-OH is 1. The maximum atomic E-state index is 13.5. The monoisotopic (exact) mass is 377 g/mol. The molecule has 0 spiro atoms. The van der Waals surface area contributed by atoms with Gasteiger partial charge in [0.05, 0.1) is 11.5 Å². The van der Waals surface area contributed by atoms with Gasteiger partial charge in [0.25, 0.3) is 0 Å². The van der Waals surface area contributed by atoms with E-state index in [9.17, 15) is 13.5 Å². The van der Waals surface area contributed by atoms with Crippen molar-refractivity contribution in [2.75, 3.05) is 19.8 Å². The second-order valence-electron chi connectivity index (χ2n) is 7.05. The Morgan fingerprint density at radius 1 is 1.19 bits per heavy atom. The van der Waals surface area contributed by atoms with Crippen molar-refractivity contribution in [3.05, 3.63) is 36.4 Å². The van der Waals surface area contributed by atoms with Crippen molar-refractivity contribution in [3.8, 4) is 5.75 Å². The maximum Gasteiger partial charge on any atom is 0.244 e. The first-order chi connectivity index (χ1) is 12.4. The molecule has 0 bridgehead atoms. The second kappa shape index (κ2) is 7.55. The normalized spacial score (nSPS) is 21.3. The van der Waals surface area contributed by atoms with Crippen LogP contribution in [0.25, 0.3) is 10.8 Å². The molecule has 1 heterocycles. The predicted molar refractivity (Wildman–Crippen MR) is 103 cm³/mol. The molecule has 0 aliphatic carbocycles. The number of nitrogens with zero attached hydrogens (tertiary/aromatic N) is 1. The van der Waals surface area contributed by atoms with E-state index in [0.29, 0.717) is 42.0 Å². The molecule has 1 N–H and O–H groups in total. The van der Waals surface area contributed by atoms with Gasteiger partial charge in [0.1, 0.15) is 5.75 Å². The molecule has 1 aliphatic rings. The largest absolute Gasteiger partial charge is 0.493 e. The van der Waals surface area contributed by atoms with E-state index in [2.05, 4.69) is 0 Å². The summed E-state index contributed by atoms with van der Waals surface area (Å²) in [5, 5.41) is 10.7. The van der Waals surface area contributed by atoms with E-state index in [1.165, 1.54) is 0 Å². The summed E-state index contributed by atoms with van der Waals surface area (Å²) in [6.07, 6.45) is 2.93. The van der Waals surface area contributed by atoms with Gasteiger partial charge in [-0.15, -0.1) is 0 Å². The number of ether oxygens (including phenoxy) is 1. The molecule has 1 aliphatic heterocycles. The van der Waals surface area contributed by atoms with E-state index >= 15 is 0 Å². The lowest BCUT2D eigenvalue weighted by atomic mass is 9.94. The van der Waals surface area contributed by atoms with Crippen molar-refractivity contribution in [2.45, 2.75) is 50.0 Å². The molecular formula is C20H27NO4S. The Kier molecular flexibility index (Phi) is 5.55. The fraction of sp³-hybridized carbons (Fsp3) is 0.500. The highest BCUT2D eigenvalue weighted by Gasteiger charge is 2.44. The summed E-state index contributed by atoms with van der Waals surface area (Å²) in [5.41, 5.74) is -0.443.